The lowest BCUT2D eigenvalue weighted by Gasteiger charge is -2.21. The molecular weight excluding hydrogens is 254 g/mol. The molecule has 0 aliphatic rings. The number of nitrogens with zero attached hydrogens (tertiary/aromatic N) is 1. The van der Waals surface area contributed by atoms with Crippen LogP contribution in [0.3, 0.4) is 0 Å². The van der Waals surface area contributed by atoms with Crippen molar-refractivity contribution >= 4 is 17.5 Å². The van der Waals surface area contributed by atoms with E-state index >= 15 is 0 Å². The maximum absolute atomic E-state index is 12.1. The van der Waals surface area contributed by atoms with Crippen LogP contribution in [-0.2, 0) is 16.1 Å². The van der Waals surface area contributed by atoms with E-state index < -0.39 is 5.91 Å². The monoisotopic (exact) mass is 277 g/mol. The average Bonchev–Trinajstić information content (AvgIpc) is 2.37. The van der Waals surface area contributed by atoms with Gasteiger partial charge in [-0.25, -0.2) is 0 Å². The van der Waals surface area contributed by atoms with E-state index in [2.05, 4.69) is 6.92 Å². The van der Waals surface area contributed by atoms with Crippen LogP contribution in [0.25, 0.3) is 0 Å². The van der Waals surface area contributed by atoms with E-state index in [1.165, 1.54) is 4.90 Å². The lowest BCUT2D eigenvalue weighted by molar-refractivity contribution is -0.135. The number of carbonyl (C=O) groups is 2. The quantitative estimate of drug-likeness (QED) is 0.559. The summed E-state index contributed by atoms with van der Waals surface area (Å²) in [6, 6.07) is 7.29. The van der Waals surface area contributed by atoms with Gasteiger partial charge >= 0.3 is 0 Å². The topological polar surface area (TPSA) is 89.4 Å². The van der Waals surface area contributed by atoms with E-state index in [4.69, 9.17) is 11.5 Å². The molecule has 0 spiro atoms. The van der Waals surface area contributed by atoms with Crippen molar-refractivity contribution in [2.75, 3.05) is 12.3 Å². The van der Waals surface area contributed by atoms with Crippen molar-refractivity contribution in [2.24, 2.45) is 5.73 Å². The molecule has 20 heavy (non-hydrogen) atoms. The minimum atomic E-state index is -0.502. The fourth-order valence-electron chi connectivity index (χ4n) is 2.02. The predicted octanol–water partition coefficient (Wildman–Crippen LogP) is 1.66. The van der Waals surface area contributed by atoms with Gasteiger partial charge in [-0.15, -0.1) is 0 Å². The average molecular weight is 277 g/mol. The zero-order valence-corrected chi connectivity index (χ0v) is 12.0. The Labute approximate surface area is 119 Å². The number of primary amides is 1. The molecule has 0 unspecified atom stereocenters. The van der Waals surface area contributed by atoms with Crippen LogP contribution in [0.4, 0.5) is 5.69 Å². The maximum Gasteiger partial charge on any atom is 0.237 e. The van der Waals surface area contributed by atoms with E-state index in [0.29, 0.717) is 18.7 Å². The van der Waals surface area contributed by atoms with Gasteiger partial charge in [0, 0.05) is 18.7 Å². The van der Waals surface area contributed by atoms with Crippen molar-refractivity contribution in [3.05, 3.63) is 29.8 Å². The van der Waals surface area contributed by atoms with Crippen LogP contribution in [0.5, 0.6) is 0 Å². The van der Waals surface area contributed by atoms with Gasteiger partial charge in [-0.2, -0.15) is 0 Å². The van der Waals surface area contributed by atoms with Gasteiger partial charge in [-0.05, 0) is 24.1 Å². The number of amides is 2. The minimum absolute atomic E-state index is 0.0420. The predicted molar refractivity (Wildman–Crippen MR) is 79.6 cm³/mol. The largest absolute Gasteiger partial charge is 0.399 e. The molecule has 2 amide bonds. The molecule has 0 atom stereocenters. The molecule has 4 N–H and O–H groups in total. The number of carbonyl (C=O) groups excluding carboxylic acids is 2. The van der Waals surface area contributed by atoms with E-state index in [1.807, 2.05) is 12.1 Å². The van der Waals surface area contributed by atoms with E-state index in [1.54, 1.807) is 12.1 Å². The molecule has 0 bridgehead atoms. The van der Waals surface area contributed by atoms with Gasteiger partial charge < -0.3 is 16.4 Å². The van der Waals surface area contributed by atoms with Crippen molar-refractivity contribution in [2.45, 2.75) is 39.2 Å². The van der Waals surface area contributed by atoms with Crippen molar-refractivity contribution in [1.82, 2.24) is 4.90 Å². The molecule has 0 aromatic heterocycles. The van der Waals surface area contributed by atoms with Gasteiger partial charge in [0.1, 0.15) is 0 Å². The van der Waals surface area contributed by atoms with Crippen LogP contribution in [-0.4, -0.2) is 23.3 Å². The lowest BCUT2D eigenvalue weighted by Crippen LogP contribution is -2.37. The molecule has 1 rings (SSSR count). The second kappa shape index (κ2) is 8.19. The Balaban J connectivity index is 2.68. The standard InChI is InChI=1S/C15H23N3O2/c1-2-3-4-8-15(20)18(11-14(17)19)10-12-6-5-7-13(16)9-12/h5-7,9H,2-4,8,10-11,16H2,1H3,(H2,17,19). The zero-order valence-electron chi connectivity index (χ0n) is 12.0. The van der Waals surface area contributed by atoms with Crippen molar-refractivity contribution in [3.63, 3.8) is 0 Å². The molecule has 110 valence electrons. The highest BCUT2D eigenvalue weighted by atomic mass is 16.2. The van der Waals surface area contributed by atoms with E-state index in [-0.39, 0.29) is 12.5 Å². The Bertz CT molecular complexity index is 460. The second-order valence-electron chi connectivity index (χ2n) is 4.92. The Hall–Kier alpha value is -2.04. The van der Waals surface area contributed by atoms with Crippen LogP contribution in [0.15, 0.2) is 24.3 Å². The number of anilines is 1. The molecule has 0 radical (unpaired) electrons. The summed E-state index contributed by atoms with van der Waals surface area (Å²) in [4.78, 5) is 24.7. The van der Waals surface area contributed by atoms with Gasteiger partial charge in [0.2, 0.25) is 11.8 Å². The highest BCUT2D eigenvalue weighted by molar-refractivity contribution is 5.83. The number of unbranched alkanes of at least 4 members (excludes halogenated alkanes) is 2. The van der Waals surface area contributed by atoms with Gasteiger partial charge in [0.15, 0.2) is 0 Å². The Morgan fingerprint density at radius 3 is 2.60 bits per heavy atom. The zero-order chi connectivity index (χ0) is 15.0. The normalized spacial score (nSPS) is 10.2. The molecule has 0 heterocycles. The van der Waals surface area contributed by atoms with Gasteiger partial charge in [0.05, 0.1) is 6.54 Å². The van der Waals surface area contributed by atoms with E-state index in [0.717, 1.165) is 24.8 Å². The summed E-state index contributed by atoms with van der Waals surface area (Å²) in [6.07, 6.45) is 3.34. The number of hydrogen-bond acceptors (Lipinski definition) is 3. The third-order valence-corrected chi connectivity index (χ3v) is 3.02. The maximum atomic E-state index is 12.1. The molecule has 1 aromatic rings. The first-order valence-electron chi connectivity index (χ1n) is 6.93. The molecule has 0 fully saturated rings. The number of nitrogen functional groups attached to an aromatic ring is 1. The Kier molecular flexibility index (Phi) is 6.56. The van der Waals surface area contributed by atoms with Crippen molar-refractivity contribution in [1.29, 1.82) is 0 Å². The second-order valence-corrected chi connectivity index (χ2v) is 4.92. The summed E-state index contributed by atoms with van der Waals surface area (Å²) >= 11 is 0. The van der Waals surface area contributed by atoms with Crippen LogP contribution in [0, 0.1) is 0 Å². The van der Waals surface area contributed by atoms with Crippen LogP contribution >= 0.6 is 0 Å². The first-order chi connectivity index (χ1) is 9.52. The number of nitrogens with two attached hydrogens (primary N) is 2. The highest BCUT2D eigenvalue weighted by Gasteiger charge is 2.15. The SMILES string of the molecule is CCCCCC(=O)N(CC(N)=O)Cc1cccc(N)c1. The molecule has 0 aliphatic carbocycles. The smallest absolute Gasteiger partial charge is 0.237 e. The third kappa shape index (κ3) is 5.73. The summed E-state index contributed by atoms with van der Waals surface area (Å²) in [5, 5.41) is 0. The fourth-order valence-corrected chi connectivity index (χ4v) is 2.02. The summed E-state index contributed by atoms with van der Waals surface area (Å²) in [5.41, 5.74) is 12.5. The summed E-state index contributed by atoms with van der Waals surface area (Å²) in [5.74, 6) is -0.544. The third-order valence-electron chi connectivity index (χ3n) is 3.02. The molecular formula is C15H23N3O2. The summed E-state index contributed by atoms with van der Waals surface area (Å²) in [7, 11) is 0. The Morgan fingerprint density at radius 1 is 1.25 bits per heavy atom. The number of hydrogen-bond donors (Lipinski definition) is 2. The summed E-state index contributed by atoms with van der Waals surface area (Å²) < 4.78 is 0. The van der Waals surface area contributed by atoms with Crippen molar-refractivity contribution < 1.29 is 9.59 Å². The van der Waals surface area contributed by atoms with Gasteiger partial charge in [-0.3, -0.25) is 9.59 Å². The number of rotatable bonds is 8. The minimum Gasteiger partial charge on any atom is -0.399 e. The molecule has 1 aromatic carbocycles. The summed E-state index contributed by atoms with van der Waals surface area (Å²) in [6.45, 7) is 2.39. The first-order valence-corrected chi connectivity index (χ1v) is 6.93. The van der Waals surface area contributed by atoms with Gasteiger partial charge in [-0.1, -0.05) is 31.9 Å². The van der Waals surface area contributed by atoms with Crippen molar-refractivity contribution in [3.8, 4) is 0 Å². The highest BCUT2D eigenvalue weighted by Crippen LogP contribution is 2.11. The van der Waals surface area contributed by atoms with Crippen LogP contribution < -0.4 is 11.5 Å². The Morgan fingerprint density at radius 2 is 2.00 bits per heavy atom. The molecule has 0 aliphatic heterocycles. The van der Waals surface area contributed by atoms with Crippen LogP contribution in [0.1, 0.15) is 38.2 Å². The molecule has 0 saturated heterocycles. The fraction of sp³-hybridized carbons (Fsp3) is 0.467. The molecule has 5 heteroatoms. The molecule has 5 nitrogen and oxygen atoms in total. The van der Waals surface area contributed by atoms with Gasteiger partial charge in [0.25, 0.3) is 0 Å². The van der Waals surface area contributed by atoms with E-state index in [9.17, 15) is 9.59 Å². The number of benzene rings is 1. The molecule has 0 saturated carbocycles. The lowest BCUT2D eigenvalue weighted by atomic mass is 10.1. The van der Waals surface area contributed by atoms with Crippen LogP contribution in [0.2, 0.25) is 0 Å². The first kappa shape index (κ1) is 16.0.